The van der Waals surface area contributed by atoms with Gasteiger partial charge in [0.2, 0.25) is 0 Å². The van der Waals surface area contributed by atoms with Crippen LogP contribution in [0.15, 0.2) is 30.3 Å². The third-order valence-electron chi connectivity index (χ3n) is 6.39. The van der Waals surface area contributed by atoms with Crippen molar-refractivity contribution in [2.75, 3.05) is 40.0 Å². The zero-order valence-electron chi connectivity index (χ0n) is 21.2. The molecule has 0 bridgehead atoms. The Balaban J connectivity index is 1.77. The SMILES string of the molecule is CNCCCN1CC2N(COCc3ccccc3)O[C@H](CC(C)C)C(=O)N2[C@@H](CC(C)C)C1. The molecule has 7 heteroatoms. The molecule has 2 heterocycles. The lowest BCUT2D eigenvalue weighted by Gasteiger charge is -2.54. The summed E-state index contributed by atoms with van der Waals surface area (Å²) in [5.74, 6) is 1.05. The number of carbonyl (C=O) groups excluding carboxylic acids is 1. The van der Waals surface area contributed by atoms with E-state index in [0.29, 0.717) is 25.2 Å². The van der Waals surface area contributed by atoms with Crippen LogP contribution in [0.25, 0.3) is 0 Å². The van der Waals surface area contributed by atoms with E-state index >= 15 is 0 Å². The van der Waals surface area contributed by atoms with E-state index in [1.807, 2.05) is 30.3 Å². The highest BCUT2D eigenvalue weighted by Gasteiger charge is 2.48. The van der Waals surface area contributed by atoms with E-state index in [4.69, 9.17) is 9.57 Å². The predicted octanol–water partition coefficient (Wildman–Crippen LogP) is 3.32. The molecule has 3 atom stereocenters. The molecule has 0 aliphatic carbocycles. The summed E-state index contributed by atoms with van der Waals surface area (Å²) in [5.41, 5.74) is 1.14. The van der Waals surface area contributed by atoms with Gasteiger partial charge in [0.15, 0.2) is 6.10 Å². The monoisotopic (exact) mass is 460 g/mol. The molecular weight excluding hydrogens is 416 g/mol. The summed E-state index contributed by atoms with van der Waals surface area (Å²) in [5, 5.41) is 5.18. The predicted molar refractivity (Wildman–Crippen MR) is 131 cm³/mol. The first-order valence-electron chi connectivity index (χ1n) is 12.6. The van der Waals surface area contributed by atoms with Crippen LogP contribution in [-0.4, -0.2) is 79.0 Å². The second-order valence-electron chi connectivity index (χ2n) is 10.3. The van der Waals surface area contributed by atoms with Gasteiger partial charge in [-0.25, -0.2) is 0 Å². The maximum absolute atomic E-state index is 13.6. The van der Waals surface area contributed by atoms with Crippen LogP contribution in [0.5, 0.6) is 0 Å². The number of nitrogens with one attached hydrogen (secondary N) is 1. The number of carbonyl (C=O) groups is 1. The number of nitrogens with zero attached hydrogens (tertiary/aromatic N) is 3. The highest BCUT2D eigenvalue weighted by atomic mass is 16.7. The zero-order chi connectivity index (χ0) is 23.8. The zero-order valence-corrected chi connectivity index (χ0v) is 21.2. The number of benzene rings is 1. The average Bonchev–Trinajstić information content (AvgIpc) is 2.76. The van der Waals surface area contributed by atoms with E-state index in [-0.39, 0.29) is 18.1 Å². The number of hydrogen-bond donors (Lipinski definition) is 1. The number of ether oxygens (including phenoxy) is 1. The molecule has 2 aliphatic heterocycles. The van der Waals surface area contributed by atoms with Crippen molar-refractivity contribution in [3.8, 4) is 0 Å². The van der Waals surface area contributed by atoms with Crippen molar-refractivity contribution in [1.82, 2.24) is 20.2 Å². The van der Waals surface area contributed by atoms with Crippen LogP contribution < -0.4 is 5.32 Å². The number of fused-ring (bicyclic) bond motifs is 1. The Bertz CT molecular complexity index is 715. The van der Waals surface area contributed by atoms with Gasteiger partial charge in [-0.1, -0.05) is 58.0 Å². The topological polar surface area (TPSA) is 57.3 Å². The maximum Gasteiger partial charge on any atom is 0.255 e. The first-order chi connectivity index (χ1) is 15.9. The highest BCUT2D eigenvalue weighted by Crippen LogP contribution is 2.31. The third-order valence-corrected chi connectivity index (χ3v) is 6.39. The summed E-state index contributed by atoms with van der Waals surface area (Å²) in [6.07, 6.45) is 2.25. The number of rotatable bonds is 12. The van der Waals surface area contributed by atoms with E-state index in [9.17, 15) is 4.79 Å². The van der Waals surface area contributed by atoms with E-state index in [1.54, 1.807) is 0 Å². The van der Waals surface area contributed by atoms with Crippen LogP contribution in [0, 0.1) is 11.8 Å². The molecule has 3 rings (SSSR count). The molecule has 1 amide bonds. The molecular formula is C26H44N4O3. The van der Waals surface area contributed by atoms with Crippen molar-refractivity contribution in [2.45, 2.75) is 71.9 Å². The molecule has 7 nitrogen and oxygen atoms in total. The van der Waals surface area contributed by atoms with Crippen molar-refractivity contribution < 1.29 is 14.4 Å². The summed E-state index contributed by atoms with van der Waals surface area (Å²) >= 11 is 0. The maximum atomic E-state index is 13.6. The molecule has 33 heavy (non-hydrogen) atoms. The van der Waals surface area contributed by atoms with Gasteiger partial charge >= 0.3 is 0 Å². The van der Waals surface area contributed by atoms with Crippen molar-refractivity contribution in [3.05, 3.63) is 35.9 Å². The minimum absolute atomic E-state index is 0.122. The molecule has 0 saturated carbocycles. The summed E-state index contributed by atoms with van der Waals surface area (Å²) in [6.45, 7) is 13.4. The van der Waals surface area contributed by atoms with E-state index < -0.39 is 6.10 Å². The van der Waals surface area contributed by atoms with Crippen LogP contribution in [0.3, 0.4) is 0 Å². The first kappa shape index (κ1) is 26.1. The van der Waals surface area contributed by atoms with Crippen LogP contribution in [-0.2, 0) is 21.0 Å². The van der Waals surface area contributed by atoms with E-state index in [0.717, 1.165) is 51.0 Å². The van der Waals surface area contributed by atoms with E-state index in [1.165, 1.54) is 0 Å². The van der Waals surface area contributed by atoms with Gasteiger partial charge in [0, 0.05) is 19.1 Å². The Morgan fingerprint density at radius 3 is 2.48 bits per heavy atom. The van der Waals surface area contributed by atoms with Gasteiger partial charge in [0.25, 0.3) is 5.91 Å². The summed E-state index contributed by atoms with van der Waals surface area (Å²) in [7, 11) is 1.99. The Hall–Kier alpha value is -1.51. The van der Waals surface area contributed by atoms with Gasteiger partial charge in [-0.15, -0.1) is 5.06 Å². The number of hydrogen-bond acceptors (Lipinski definition) is 6. The first-order valence-corrected chi connectivity index (χ1v) is 12.6. The van der Waals surface area contributed by atoms with Crippen LogP contribution in [0.4, 0.5) is 0 Å². The lowest BCUT2D eigenvalue weighted by atomic mass is 9.96. The normalized spacial score (nSPS) is 24.6. The molecule has 2 aliphatic rings. The minimum Gasteiger partial charge on any atom is -0.359 e. The Kier molecular flexibility index (Phi) is 10.1. The van der Waals surface area contributed by atoms with Gasteiger partial charge in [-0.2, -0.15) is 0 Å². The molecule has 2 saturated heterocycles. The van der Waals surface area contributed by atoms with Crippen molar-refractivity contribution in [3.63, 3.8) is 0 Å². The molecule has 0 radical (unpaired) electrons. The summed E-state index contributed by atoms with van der Waals surface area (Å²) in [6, 6.07) is 10.4. The Morgan fingerprint density at radius 1 is 1.09 bits per heavy atom. The molecule has 2 fully saturated rings. The third kappa shape index (κ3) is 7.49. The molecule has 1 aromatic carbocycles. The quantitative estimate of drug-likeness (QED) is 0.483. The highest BCUT2D eigenvalue weighted by molar-refractivity contribution is 5.82. The number of hydroxylamine groups is 2. The molecule has 1 unspecified atom stereocenters. The fraction of sp³-hybridized carbons (Fsp3) is 0.731. The molecule has 1 N–H and O–H groups in total. The van der Waals surface area contributed by atoms with Gasteiger partial charge in [-0.3, -0.25) is 14.5 Å². The van der Waals surface area contributed by atoms with Gasteiger partial charge in [0.1, 0.15) is 12.9 Å². The minimum atomic E-state index is -0.438. The van der Waals surface area contributed by atoms with Gasteiger partial charge in [-0.05, 0) is 56.8 Å². The van der Waals surface area contributed by atoms with Crippen molar-refractivity contribution >= 4 is 5.91 Å². The average molecular weight is 461 g/mol. The smallest absolute Gasteiger partial charge is 0.255 e. The Morgan fingerprint density at radius 2 is 1.82 bits per heavy atom. The van der Waals surface area contributed by atoms with E-state index in [2.05, 4.69) is 54.9 Å². The molecule has 186 valence electrons. The lowest BCUT2D eigenvalue weighted by molar-refractivity contribution is -0.316. The molecule has 0 spiro atoms. The van der Waals surface area contributed by atoms with Gasteiger partial charge in [0.05, 0.1) is 6.61 Å². The lowest BCUT2D eigenvalue weighted by Crippen LogP contribution is -2.71. The molecule has 1 aromatic rings. The van der Waals surface area contributed by atoms with Gasteiger partial charge < -0.3 is 15.0 Å². The van der Waals surface area contributed by atoms with Crippen LogP contribution in [0.2, 0.25) is 0 Å². The van der Waals surface area contributed by atoms with Crippen molar-refractivity contribution in [2.24, 2.45) is 11.8 Å². The summed E-state index contributed by atoms with van der Waals surface area (Å²) in [4.78, 5) is 24.6. The largest absolute Gasteiger partial charge is 0.359 e. The number of amides is 1. The van der Waals surface area contributed by atoms with Crippen LogP contribution >= 0.6 is 0 Å². The molecule has 0 aromatic heterocycles. The summed E-state index contributed by atoms with van der Waals surface area (Å²) < 4.78 is 6.08. The Labute approximate surface area is 200 Å². The fourth-order valence-corrected chi connectivity index (χ4v) is 4.93. The second kappa shape index (κ2) is 12.8. The number of piperazine rings is 1. The van der Waals surface area contributed by atoms with Crippen LogP contribution in [0.1, 0.15) is 52.5 Å². The standard InChI is InChI=1S/C26H44N4O3/c1-20(2)14-23-16-28(13-9-12-27-5)17-25-29(19-32-18-22-10-7-6-8-11-22)33-24(15-21(3)4)26(31)30(23)25/h6-8,10-11,20-21,23-25,27H,9,12-19H2,1-5H3/t23-,24+,25?/m0/s1. The second-order valence-corrected chi connectivity index (χ2v) is 10.3. The van der Waals surface area contributed by atoms with Crippen molar-refractivity contribution in [1.29, 1.82) is 0 Å². The fourth-order valence-electron chi connectivity index (χ4n) is 4.93.